The average Bonchev–Trinajstić information content (AvgIpc) is 3.26. The number of rotatable bonds is 10. The van der Waals surface area contributed by atoms with Crippen LogP contribution in [0.4, 0.5) is 0 Å². The van der Waals surface area contributed by atoms with E-state index in [9.17, 15) is 19.5 Å². The van der Waals surface area contributed by atoms with Gasteiger partial charge in [-0.05, 0) is 42.9 Å². The molecule has 34 heavy (non-hydrogen) atoms. The molecule has 2 amide bonds. The van der Waals surface area contributed by atoms with Crippen LogP contribution in [0.2, 0.25) is 0 Å². The third-order valence-corrected chi connectivity index (χ3v) is 6.65. The van der Waals surface area contributed by atoms with Crippen molar-refractivity contribution in [2.45, 2.75) is 69.6 Å². The predicted octanol–water partition coefficient (Wildman–Crippen LogP) is 1.54. The van der Waals surface area contributed by atoms with Crippen molar-refractivity contribution in [3.05, 3.63) is 29.8 Å². The highest BCUT2D eigenvalue weighted by molar-refractivity contribution is 5.92. The van der Waals surface area contributed by atoms with Crippen LogP contribution in [-0.4, -0.2) is 78.0 Å². The van der Waals surface area contributed by atoms with Crippen LogP contribution in [0.25, 0.3) is 0 Å². The van der Waals surface area contributed by atoms with Crippen molar-refractivity contribution in [3.63, 3.8) is 0 Å². The molecule has 188 valence electrons. The van der Waals surface area contributed by atoms with E-state index in [4.69, 9.17) is 14.6 Å². The van der Waals surface area contributed by atoms with Crippen LogP contribution >= 0.6 is 0 Å². The predicted molar refractivity (Wildman–Crippen MR) is 124 cm³/mol. The molecule has 3 rings (SSSR count). The van der Waals surface area contributed by atoms with E-state index in [2.05, 4.69) is 5.32 Å². The van der Waals surface area contributed by atoms with Gasteiger partial charge in [0.1, 0.15) is 17.8 Å². The third-order valence-electron chi connectivity index (χ3n) is 6.65. The van der Waals surface area contributed by atoms with Crippen LogP contribution in [0.3, 0.4) is 0 Å². The summed E-state index contributed by atoms with van der Waals surface area (Å²) in [5.41, 5.74) is 0.651. The van der Waals surface area contributed by atoms with Gasteiger partial charge in [-0.2, -0.15) is 0 Å². The first-order valence-electron chi connectivity index (χ1n) is 12.1. The molecule has 0 radical (unpaired) electrons. The fourth-order valence-electron chi connectivity index (χ4n) is 4.94. The second-order valence-corrected chi connectivity index (χ2v) is 9.13. The van der Waals surface area contributed by atoms with Crippen LogP contribution in [-0.2, 0) is 30.3 Å². The summed E-state index contributed by atoms with van der Waals surface area (Å²) in [4.78, 5) is 40.6. The lowest BCUT2D eigenvalue weighted by Crippen LogP contribution is -2.55. The Balaban J connectivity index is 1.75. The number of esters is 1. The van der Waals surface area contributed by atoms with Gasteiger partial charge in [0.05, 0.1) is 19.6 Å². The summed E-state index contributed by atoms with van der Waals surface area (Å²) in [6.07, 6.45) is 5.24. The molecule has 9 heteroatoms. The number of nitrogens with one attached hydrogen (secondary N) is 1. The zero-order valence-corrected chi connectivity index (χ0v) is 19.8. The second kappa shape index (κ2) is 12.7. The minimum absolute atomic E-state index is 0.00473. The molecule has 0 bridgehead atoms. The van der Waals surface area contributed by atoms with Crippen molar-refractivity contribution in [2.24, 2.45) is 5.92 Å². The maximum atomic E-state index is 13.8. The van der Waals surface area contributed by atoms with Gasteiger partial charge in [0.2, 0.25) is 11.8 Å². The summed E-state index contributed by atoms with van der Waals surface area (Å²) in [6, 6.07) is 4.97. The van der Waals surface area contributed by atoms with E-state index in [0.717, 1.165) is 32.1 Å². The van der Waals surface area contributed by atoms with Gasteiger partial charge in [0.25, 0.3) is 0 Å². The number of aliphatic hydroxyl groups is 1. The standard InChI is InChI=1S/C25H36N2O7/c1-33-25(32)21-15-20(34-12-6-11-28)16-27(21)24(31)23(18-8-3-2-4-9-18)26-22(30)14-17-7-5-10-19(29)13-17/h5,7,10,13,18,20-21,23,28-29H,2-4,6,8-9,11-12,14-16H2,1H3,(H,26,30)/t20-,21+,23+/m1/s1. The second-order valence-electron chi connectivity index (χ2n) is 9.13. The largest absolute Gasteiger partial charge is 0.508 e. The Labute approximate surface area is 200 Å². The van der Waals surface area contributed by atoms with Crippen molar-refractivity contribution in [1.82, 2.24) is 10.2 Å². The maximum Gasteiger partial charge on any atom is 0.328 e. The van der Waals surface area contributed by atoms with Gasteiger partial charge in [0, 0.05) is 26.2 Å². The van der Waals surface area contributed by atoms with Crippen molar-refractivity contribution < 1.29 is 34.1 Å². The number of carbonyl (C=O) groups excluding carboxylic acids is 3. The minimum atomic E-state index is -0.773. The Morgan fingerprint density at radius 3 is 2.65 bits per heavy atom. The van der Waals surface area contributed by atoms with E-state index >= 15 is 0 Å². The van der Waals surface area contributed by atoms with Crippen molar-refractivity contribution >= 4 is 17.8 Å². The summed E-state index contributed by atoms with van der Waals surface area (Å²) in [7, 11) is 1.29. The van der Waals surface area contributed by atoms with Gasteiger partial charge >= 0.3 is 5.97 Å². The number of phenols is 1. The first kappa shape index (κ1) is 26.0. The third kappa shape index (κ3) is 6.93. The topological polar surface area (TPSA) is 125 Å². The van der Waals surface area contributed by atoms with Gasteiger partial charge in [-0.3, -0.25) is 9.59 Å². The van der Waals surface area contributed by atoms with Crippen LogP contribution in [0.15, 0.2) is 24.3 Å². The van der Waals surface area contributed by atoms with Gasteiger partial charge in [-0.25, -0.2) is 4.79 Å². The Hall–Kier alpha value is -2.65. The van der Waals surface area contributed by atoms with Crippen LogP contribution in [0, 0.1) is 5.92 Å². The molecule has 1 aromatic rings. The summed E-state index contributed by atoms with van der Waals surface area (Å²) in [5.74, 6) is -1.04. The molecule has 0 spiro atoms. The molecule has 1 aromatic carbocycles. The van der Waals surface area contributed by atoms with E-state index in [-0.39, 0.29) is 49.2 Å². The highest BCUT2D eigenvalue weighted by Crippen LogP contribution is 2.30. The van der Waals surface area contributed by atoms with Crippen LogP contribution < -0.4 is 5.32 Å². The molecule has 3 N–H and O–H groups in total. The Morgan fingerprint density at radius 1 is 1.21 bits per heavy atom. The fourth-order valence-corrected chi connectivity index (χ4v) is 4.94. The number of amides is 2. The average molecular weight is 477 g/mol. The lowest BCUT2D eigenvalue weighted by atomic mass is 9.83. The number of nitrogens with zero attached hydrogens (tertiary/aromatic N) is 1. The van der Waals surface area contributed by atoms with Gasteiger partial charge in [-0.15, -0.1) is 0 Å². The van der Waals surface area contributed by atoms with E-state index in [1.807, 2.05) is 0 Å². The van der Waals surface area contributed by atoms with Gasteiger partial charge in [0.15, 0.2) is 0 Å². The number of aromatic hydroxyl groups is 1. The van der Waals surface area contributed by atoms with Crippen molar-refractivity contribution in [2.75, 3.05) is 26.9 Å². The molecule has 1 aliphatic carbocycles. The van der Waals surface area contributed by atoms with Crippen LogP contribution in [0.5, 0.6) is 5.75 Å². The van der Waals surface area contributed by atoms with E-state index < -0.39 is 18.1 Å². The number of phenolic OH excluding ortho intramolecular Hbond substituents is 1. The lowest BCUT2D eigenvalue weighted by Gasteiger charge is -2.34. The number of ether oxygens (including phenoxy) is 2. The van der Waals surface area contributed by atoms with Crippen molar-refractivity contribution in [1.29, 1.82) is 0 Å². The molecule has 9 nitrogen and oxygen atoms in total. The van der Waals surface area contributed by atoms with Crippen LogP contribution in [0.1, 0.15) is 50.5 Å². The van der Waals surface area contributed by atoms with Gasteiger partial charge in [-0.1, -0.05) is 31.4 Å². The monoisotopic (exact) mass is 476 g/mol. The first-order chi connectivity index (χ1) is 16.4. The minimum Gasteiger partial charge on any atom is -0.508 e. The van der Waals surface area contributed by atoms with E-state index in [1.165, 1.54) is 24.1 Å². The molecule has 2 fully saturated rings. The lowest BCUT2D eigenvalue weighted by molar-refractivity contribution is -0.152. The summed E-state index contributed by atoms with van der Waals surface area (Å²) >= 11 is 0. The summed E-state index contributed by atoms with van der Waals surface area (Å²) in [5, 5.41) is 21.6. The number of methoxy groups -OCH3 is 1. The molecule has 1 heterocycles. The first-order valence-corrected chi connectivity index (χ1v) is 12.1. The zero-order chi connectivity index (χ0) is 24.5. The molecule has 1 saturated heterocycles. The molecule has 1 aliphatic heterocycles. The normalized spacial score (nSPS) is 21.8. The number of hydrogen-bond donors (Lipinski definition) is 3. The number of hydrogen-bond acceptors (Lipinski definition) is 7. The van der Waals surface area contributed by atoms with E-state index in [0.29, 0.717) is 25.0 Å². The molecule has 0 aromatic heterocycles. The van der Waals surface area contributed by atoms with E-state index in [1.54, 1.807) is 12.1 Å². The van der Waals surface area contributed by atoms with Crippen molar-refractivity contribution in [3.8, 4) is 5.75 Å². The molecule has 3 atom stereocenters. The number of aliphatic hydroxyl groups excluding tert-OH is 1. The molecule has 1 saturated carbocycles. The Bertz CT molecular complexity index is 840. The Kier molecular flexibility index (Phi) is 9.71. The number of benzene rings is 1. The highest BCUT2D eigenvalue weighted by Gasteiger charge is 2.44. The smallest absolute Gasteiger partial charge is 0.328 e. The summed E-state index contributed by atoms with van der Waals surface area (Å²) < 4.78 is 10.7. The zero-order valence-electron chi connectivity index (χ0n) is 19.8. The molecule has 2 aliphatic rings. The molecular formula is C25H36N2O7. The maximum absolute atomic E-state index is 13.8. The highest BCUT2D eigenvalue weighted by atomic mass is 16.5. The number of carbonyl (C=O) groups is 3. The molecule has 0 unspecified atom stereocenters. The Morgan fingerprint density at radius 2 is 1.97 bits per heavy atom. The SMILES string of the molecule is COC(=O)[C@@H]1C[C@@H](OCCCO)CN1C(=O)[C@@H](NC(=O)Cc1cccc(O)c1)C1CCCCC1. The fraction of sp³-hybridized carbons (Fsp3) is 0.640. The quantitative estimate of drug-likeness (QED) is 0.345. The van der Waals surface area contributed by atoms with Gasteiger partial charge < -0.3 is 29.9 Å². The summed E-state index contributed by atoms with van der Waals surface area (Å²) in [6.45, 7) is 0.574. The molecular weight excluding hydrogens is 440 g/mol. The number of likely N-dealkylation sites (tertiary alicyclic amines) is 1.